The third-order valence-corrected chi connectivity index (χ3v) is 2.86. The Bertz CT molecular complexity index is 397. The van der Waals surface area contributed by atoms with Gasteiger partial charge in [-0.2, -0.15) is 0 Å². The summed E-state index contributed by atoms with van der Waals surface area (Å²) in [6, 6.07) is 1.21. The van der Waals surface area contributed by atoms with Crippen molar-refractivity contribution in [2.24, 2.45) is 11.7 Å². The van der Waals surface area contributed by atoms with Crippen molar-refractivity contribution in [1.29, 1.82) is 0 Å². The molecule has 1 aliphatic rings. The lowest BCUT2D eigenvalue weighted by atomic mass is 10.1. The van der Waals surface area contributed by atoms with E-state index in [9.17, 15) is 9.18 Å². The van der Waals surface area contributed by atoms with Crippen LogP contribution in [-0.2, 0) is 0 Å². The van der Waals surface area contributed by atoms with Gasteiger partial charge in [0.15, 0.2) is 0 Å². The van der Waals surface area contributed by atoms with Gasteiger partial charge < -0.3 is 10.6 Å². The Morgan fingerprint density at radius 2 is 2.44 bits per heavy atom. The molecule has 1 atom stereocenters. The number of pyridine rings is 1. The van der Waals surface area contributed by atoms with Crippen LogP contribution in [-0.4, -0.2) is 35.4 Å². The van der Waals surface area contributed by atoms with Crippen molar-refractivity contribution in [3.8, 4) is 0 Å². The molecule has 2 rings (SSSR count). The molecule has 1 aromatic rings. The van der Waals surface area contributed by atoms with Gasteiger partial charge >= 0.3 is 0 Å². The molecule has 86 valence electrons. The molecular formula is C11H14FN3O. The molecule has 1 aromatic heterocycles. The molecule has 1 fully saturated rings. The van der Waals surface area contributed by atoms with Crippen LogP contribution in [0.4, 0.5) is 4.39 Å². The zero-order chi connectivity index (χ0) is 11.5. The first-order valence-corrected chi connectivity index (χ1v) is 5.30. The summed E-state index contributed by atoms with van der Waals surface area (Å²) in [6.07, 6.45) is 3.40. The van der Waals surface area contributed by atoms with Gasteiger partial charge in [-0.3, -0.25) is 9.78 Å². The second kappa shape index (κ2) is 4.57. The molecule has 1 saturated heterocycles. The highest BCUT2D eigenvalue weighted by atomic mass is 19.1. The standard InChI is InChI=1S/C11H14FN3O/c12-10-3-9(5-14-6-10)11(16)15-2-1-8(4-13)7-15/h3,5-6,8H,1-2,4,7,13H2. The number of nitrogens with two attached hydrogens (primary N) is 1. The largest absolute Gasteiger partial charge is 0.338 e. The van der Waals surface area contributed by atoms with Crippen LogP contribution in [0.25, 0.3) is 0 Å². The Kier molecular flexibility index (Phi) is 3.14. The number of likely N-dealkylation sites (tertiary alicyclic amines) is 1. The van der Waals surface area contributed by atoms with Crippen molar-refractivity contribution < 1.29 is 9.18 Å². The smallest absolute Gasteiger partial charge is 0.255 e. The Hall–Kier alpha value is -1.49. The highest BCUT2D eigenvalue weighted by molar-refractivity contribution is 5.94. The van der Waals surface area contributed by atoms with Crippen molar-refractivity contribution in [2.45, 2.75) is 6.42 Å². The van der Waals surface area contributed by atoms with Crippen LogP contribution >= 0.6 is 0 Å². The summed E-state index contributed by atoms with van der Waals surface area (Å²) in [4.78, 5) is 17.3. The zero-order valence-corrected chi connectivity index (χ0v) is 8.90. The number of hydrogen-bond acceptors (Lipinski definition) is 3. The predicted octanol–water partition coefficient (Wildman–Crippen LogP) is 0.641. The maximum atomic E-state index is 12.9. The third kappa shape index (κ3) is 2.19. The molecule has 0 aliphatic carbocycles. The van der Waals surface area contributed by atoms with Crippen molar-refractivity contribution >= 4 is 5.91 Å². The van der Waals surface area contributed by atoms with E-state index >= 15 is 0 Å². The fraction of sp³-hybridized carbons (Fsp3) is 0.455. The van der Waals surface area contributed by atoms with E-state index in [0.29, 0.717) is 31.1 Å². The van der Waals surface area contributed by atoms with E-state index in [1.165, 1.54) is 12.3 Å². The molecular weight excluding hydrogens is 209 g/mol. The molecule has 0 bridgehead atoms. The molecule has 5 heteroatoms. The molecule has 0 spiro atoms. The number of carbonyl (C=O) groups is 1. The molecule has 1 amide bonds. The predicted molar refractivity (Wildman–Crippen MR) is 57.3 cm³/mol. The van der Waals surface area contributed by atoms with Gasteiger partial charge in [-0.15, -0.1) is 0 Å². The number of amides is 1. The summed E-state index contributed by atoms with van der Waals surface area (Å²) < 4.78 is 12.9. The summed E-state index contributed by atoms with van der Waals surface area (Å²) in [6.45, 7) is 1.94. The Morgan fingerprint density at radius 1 is 1.62 bits per heavy atom. The number of rotatable bonds is 2. The van der Waals surface area contributed by atoms with Crippen LogP contribution in [0.15, 0.2) is 18.5 Å². The van der Waals surface area contributed by atoms with Gasteiger partial charge in [-0.25, -0.2) is 4.39 Å². The van der Waals surface area contributed by atoms with Gasteiger partial charge in [-0.05, 0) is 24.9 Å². The molecule has 4 nitrogen and oxygen atoms in total. The second-order valence-corrected chi connectivity index (χ2v) is 4.03. The van der Waals surface area contributed by atoms with Crippen LogP contribution in [0.2, 0.25) is 0 Å². The Morgan fingerprint density at radius 3 is 3.06 bits per heavy atom. The van der Waals surface area contributed by atoms with Gasteiger partial charge in [0, 0.05) is 19.3 Å². The summed E-state index contributed by atoms with van der Waals surface area (Å²) in [5.41, 5.74) is 5.85. The highest BCUT2D eigenvalue weighted by Crippen LogP contribution is 2.17. The third-order valence-electron chi connectivity index (χ3n) is 2.86. The maximum Gasteiger partial charge on any atom is 0.255 e. The summed E-state index contributed by atoms with van der Waals surface area (Å²) in [5, 5.41) is 0. The molecule has 2 heterocycles. The van der Waals surface area contributed by atoms with E-state index in [0.717, 1.165) is 12.6 Å². The minimum absolute atomic E-state index is 0.164. The fourth-order valence-electron chi connectivity index (χ4n) is 1.92. The lowest BCUT2D eigenvalue weighted by molar-refractivity contribution is 0.0786. The SMILES string of the molecule is NCC1CCN(C(=O)c2cncc(F)c2)C1. The number of halogens is 1. The first-order valence-electron chi connectivity index (χ1n) is 5.30. The lowest BCUT2D eigenvalue weighted by Gasteiger charge is -2.15. The lowest BCUT2D eigenvalue weighted by Crippen LogP contribution is -2.30. The van der Waals surface area contributed by atoms with Crippen molar-refractivity contribution in [3.63, 3.8) is 0 Å². The van der Waals surface area contributed by atoms with Gasteiger partial charge in [0.1, 0.15) is 5.82 Å². The number of aromatic nitrogens is 1. The summed E-state index contributed by atoms with van der Waals surface area (Å²) in [7, 11) is 0. The average Bonchev–Trinajstić information content (AvgIpc) is 2.76. The average molecular weight is 223 g/mol. The first kappa shape index (κ1) is 11.0. The molecule has 1 aliphatic heterocycles. The van der Waals surface area contributed by atoms with Crippen LogP contribution in [0.5, 0.6) is 0 Å². The van der Waals surface area contributed by atoms with Crippen LogP contribution < -0.4 is 5.73 Å². The first-order chi connectivity index (χ1) is 7.70. The summed E-state index contributed by atoms with van der Waals surface area (Å²) >= 11 is 0. The number of carbonyl (C=O) groups excluding carboxylic acids is 1. The minimum Gasteiger partial charge on any atom is -0.338 e. The monoisotopic (exact) mass is 223 g/mol. The Labute approximate surface area is 93.3 Å². The van der Waals surface area contributed by atoms with Crippen molar-refractivity contribution in [2.75, 3.05) is 19.6 Å². The van der Waals surface area contributed by atoms with Gasteiger partial charge in [0.2, 0.25) is 0 Å². The molecule has 2 N–H and O–H groups in total. The van der Waals surface area contributed by atoms with E-state index in [-0.39, 0.29) is 5.91 Å². The van der Waals surface area contributed by atoms with Crippen molar-refractivity contribution in [1.82, 2.24) is 9.88 Å². The molecule has 0 aromatic carbocycles. The number of nitrogens with zero attached hydrogens (tertiary/aromatic N) is 2. The van der Waals surface area contributed by atoms with E-state index in [4.69, 9.17) is 5.73 Å². The quantitative estimate of drug-likeness (QED) is 0.800. The van der Waals surface area contributed by atoms with E-state index in [1.54, 1.807) is 4.90 Å². The fourth-order valence-corrected chi connectivity index (χ4v) is 1.92. The van der Waals surface area contributed by atoms with Gasteiger partial charge in [0.25, 0.3) is 5.91 Å². The Balaban J connectivity index is 2.08. The van der Waals surface area contributed by atoms with Crippen LogP contribution in [0.1, 0.15) is 16.8 Å². The van der Waals surface area contributed by atoms with Crippen LogP contribution in [0.3, 0.4) is 0 Å². The summed E-state index contributed by atoms with van der Waals surface area (Å²) in [5.74, 6) is -0.283. The molecule has 16 heavy (non-hydrogen) atoms. The zero-order valence-electron chi connectivity index (χ0n) is 8.90. The molecule has 0 saturated carbocycles. The number of hydrogen-bond donors (Lipinski definition) is 1. The molecule has 1 unspecified atom stereocenters. The molecule has 0 radical (unpaired) electrons. The van der Waals surface area contributed by atoms with Crippen molar-refractivity contribution in [3.05, 3.63) is 29.8 Å². The van der Waals surface area contributed by atoms with E-state index in [2.05, 4.69) is 4.98 Å². The van der Waals surface area contributed by atoms with Gasteiger partial charge in [-0.1, -0.05) is 0 Å². The van der Waals surface area contributed by atoms with Gasteiger partial charge in [0.05, 0.1) is 11.8 Å². The highest BCUT2D eigenvalue weighted by Gasteiger charge is 2.26. The normalized spacial score (nSPS) is 20.1. The van der Waals surface area contributed by atoms with E-state index in [1.807, 2.05) is 0 Å². The minimum atomic E-state index is -0.486. The topological polar surface area (TPSA) is 59.2 Å². The van der Waals surface area contributed by atoms with E-state index < -0.39 is 5.82 Å². The van der Waals surface area contributed by atoms with Crippen LogP contribution in [0, 0.1) is 11.7 Å². The second-order valence-electron chi connectivity index (χ2n) is 4.03. The maximum absolute atomic E-state index is 12.9.